The van der Waals surface area contributed by atoms with E-state index >= 15 is 0 Å². The maximum absolute atomic E-state index is 13.5. The van der Waals surface area contributed by atoms with Crippen LogP contribution in [-0.2, 0) is 4.74 Å². The normalized spacial score (nSPS) is 10.5. The molecule has 0 fully saturated rings. The van der Waals surface area contributed by atoms with Gasteiger partial charge in [0.25, 0.3) is 0 Å². The molecular weight excluding hydrogens is 245 g/mol. The summed E-state index contributed by atoms with van der Waals surface area (Å²) in [4.78, 5) is 11.1. The number of carbonyl (C=O) groups is 1. The summed E-state index contributed by atoms with van der Waals surface area (Å²) >= 11 is 1.25. The highest BCUT2D eigenvalue weighted by Gasteiger charge is 2.13. The van der Waals surface area contributed by atoms with E-state index in [4.69, 9.17) is 15.6 Å². The minimum absolute atomic E-state index is 0.0590. The predicted octanol–water partition coefficient (Wildman–Crippen LogP) is 2.23. The molecule has 0 aliphatic rings. The number of rotatable bonds is 6. The van der Waals surface area contributed by atoms with E-state index in [1.54, 1.807) is 7.11 Å². The Morgan fingerprint density at radius 2 is 2.29 bits per heavy atom. The summed E-state index contributed by atoms with van der Waals surface area (Å²) in [6.07, 6.45) is 0.771. The van der Waals surface area contributed by atoms with Gasteiger partial charge in [0, 0.05) is 30.1 Å². The lowest BCUT2D eigenvalue weighted by atomic mass is 10.2. The number of aromatic carboxylic acids is 1. The fourth-order valence-electron chi connectivity index (χ4n) is 1.25. The molecule has 0 aromatic heterocycles. The number of hydrogen-bond donors (Lipinski definition) is 2. The second kappa shape index (κ2) is 6.46. The highest BCUT2D eigenvalue weighted by molar-refractivity contribution is 7.99. The molecule has 0 saturated carbocycles. The number of thioether (sulfide) groups is 1. The second-order valence-corrected chi connectivity index (χ2v) is 4.51. The highest BCUT2D eigenvalue weighted by atomic mass is 32.2. The quantitative estimate of drug-likeness (QED) is 0.465. The monoisotopic (exact) mass is 259 g/mol. The first-order chi connectivity index (χ1) is 8.06. The van der Waals surface area contributed by atoms with Gasteiger partial charge in [0.05, 0.1) is 5.56 Å². The molecule has 1 aromatic carbocycles. The van der Waals surface area contributed by atoms with Gasteiger partial charge in [-0.1, -0.05) is 0 Å². The van der Waals surface area contributed by atoms with Crippen molar-refractivity contribution in [3.8, 4) is 0 Å². The lowest BCUT2D eigenvalue weighted by Crippen LogP contribution is -2.04. The third kappa shape index (κ3) is 3.90. The summed E-state index contributed by atoms with van der Waals surface area (Å²) in [5, 5.41) is 8.86. The molecule has 1 aromatic rings. The molecule has 0 aliphatic carbocycles. The fraction of sp³-hybridized carbons (Fsp3) is 0.364. The lowest BCUT2D eigenvalue weighted by Gasteiger charge is -2.07. The smallest absolute Gasteiger partial charge is 0.337 e. The van der Waals surface area contributed by atoms with Crippen molar-refractivity contribution in [3.63, 3.8) is 0 Å². The molecule has 6 heteroatoms. The van der Waals surface area contributed by atoms with Gasteiger partial charge in [0.2, 0.25) is 0 Å². The third-order valence-electron chi connectivity index (χ3n) is 2.08. The van der Waals surface area contributed by atoms with Gasteiger partial charge < -0.3 is 15.6 Å². The Balaban J connectivity index is 2.77. The maximum atomic E-state index is 13.5. The number of ether oxygens (including phenoxy) is 1. The van der Waals surface area contributed by atoms with Crippen molar-refractivity contribution < 1.29 is 19.0 Å². The summed E-state index contributed by atoms with van der Waals surface area (Å²) in [5.74, 6) is -0.982. The molecule has 94 valence electrons. The van der Waals surface area contributed by atoms with Crippen LogP contribution in [-0.4, -0.2) is 30.5 Å². The molecule has 0 heterocycles. The molecule has 0 aliphatic heterocycles. The van der Waals surface area contributed by atoms with Crippen LogP contribution in [0.1, 0.15) is 16.8 Å². The Labute approximate surface area is 103 Å². The molecule has 0 spiro atoms. The number of hydrogen-bond acceptors (Lipinski definition) is 4. The number of anilines is 1. The maximum Gasteiger partial charge on any atom is 0.337 e. The average Bonchev–Trinajstić information content (AvgIpc) is 2.26. The number of nitrogen functional groups attached to an aromatic ring is 1. The Bertz CT molecular complexity index is 412. The van der Waals surface area contributed by atoms with Gasteiger partial charge in [0.1, 0.15) is 5.82 Å². The highest BCUT2D eigenvalue weighted by Crippen LogP contribution is 2.27. The van der Waals surface area contributed by atoms with Crippen LogP contribution in [0, 0.1) is 5.82 Å². The van der Waals surface area contributed by atoms with Crippen LogP contribution in [0.5, 0.6) is 0 Å². The van der Waals surface area contributed by atoms with Crippen LogP contribution in [0.2, 0.25) is 0 Å². The van der Waals surface area contributed by atoms with Crippen molar-refractivity contribution in [1.29, 1.82) is 0 Å². The molecule has 0 atom stereocenters. The first-order valence-electron chi connectivity index (χ1n) is 5.00. The van der Waals surface area contributed by atoms with E-state index < -0.39 is 11.8 Å². The lowest BCUT2D eigenvalue weighted by molar-refractivity contribution is 0.0697. The Morgan fingerprint density at radius 1 is 1.59 bits per heavy atom. The van der Waals surface area contributed by atoms with E-state index in [0.717, 1.165) is 12.5 Å². The summed E-state index contributed by atoms with van der Waals surface area (Å²) < 4.78 is 18.3. The molecule has 17 heavy (non-hydrogen) atoms. The van der Waals surface area contributed by atoms with Gasteiger partial charge >= 0.3 is 5.97 Å². The fourth-order valence-corrected chi connectivity index (χ4v) is 2.13. The zero-order valence-corrected chi connectivity index (χ0v) is 10.2. The van der Waals surface area contributed by atoms with E-state index in [9.17, 15) is 9.18 Å². The predicted molar refractivity (Wildman–Crippen MR) is 65.0 cm³/mol. The van der Waals surface area contributed by atoms with Gasteiger partial charge in [-0.25, -0.2) is 9.18 Å². The van der Waals surface area contributed by atoms with Crippen molar-refractivity contribution in [2.45, 2.75) is 11.3 Å². The van der Waals surface area contributed by atoms with Crippen LogP contribution >= 0.6 is 11.8 Å². The summed E-state index contributed by atoms with van der Waals surface area (Å²) in [7, 11) is 1.59. The first-order valence-corrected chi connectivity index (χ1v) is 5.99. The van der Waals surface area contributed by atoms with E-state index in [1.165, 1.54) is 17.8 Å². The molecule has 3 N–H and O–H groups in total. The summed E-state index contributed by atoms with van der Waals surface area (Å²) in [6, 6.07) is 2.31. The zero-order valence-electron chi connectivity index (χ0n) is 9.40. The average molecular weight is 259 g/mol. The molecule has 4 nitrogen and oxygen atoms in total. The topological polar surface area (TPSA) is 72.5 Å². The van der Waals surface area contributed by atoms with Gasteiger partial charge in [-0.05, 0) is 18.6 Å². The first kappa shape index (κ1) is 13.8. The number of nitrogens with two attached hydrogens (primary N) is 1. The van der Waals surface area contributed by atoms with Crippen molar-refractivity contribution in [2.75, 3.05) is 25.2 Å². The van der Waals surface area contributed by atoms with Crippen molar-refractivity contribution in [2.24, 2.45) is 0 Å². The number of carboxylic acids is 1. The largest absolute Gasteiger partial charge is 0.478 e. The minimum Gasteiger partial charge on any atom is -0.478 e. The van der Waals surface area contributed by atoms with E-state index in [0.29, 0.717) is 17.3 Å². The Morgan fingerprint density at radius 3 is 2.88 bits per heavy atom. The van der Waals surface area contributed by atoms with Crippen LogP contribution in [0.4, 0.5) is 10.1 Å². The number of benzene rings is 1. The molecule has 0 amide bonds. The van der Waals surface area contributed by atoms with Gasteiger partial charge in [-0.15, -0.1) is 11.8 Å². The molecule has 0 radical (unpaired) electrons. The Hall–Kier alpha value is -1.27. The van der Waals surface area contributed by atoms with E-state index in [-0.39, 0.29) is 11.3 Å². The summed E-state index contributed by atoms with van der Waals surface area (Å²) in [5.41, 5.74) is 5.29. The second-order valence-electron chi connectivity index (χ2n) is 3.37. The Kier molecular flexibility index (Phi) is 5.24. The SMILES string of the molecule is COCCCSc1cc(C(=O)O)c(N)cc1F. The van der Waals surface area contributed by atoms with Gasteiger partial charge in [-0.2, -0.15) is 0 Å². The molecule has 1 rings (SSSR count). The minimum atomic E-state index is -1.15. The van der Waals surface area contributed by atoms with Crippen LogP contribution in [0.15, 0.2) is 17.0 Å². The van der Waals surface area contributed by atoms with E-state index in [2.05, 4.69) is 0 Å². The molecule has 0 saturated heterocycles. The van der Waals surface area contributed by atoms with Crippen molar-refractivity contribution in [3.05, 3.63) is 23.5 Å². The third-order valence-corrected chi connectivity index (χ3v) is 3.20. The van der Waals surface area contributed by atoms with Crippen LogP contribution in [0.25, 0.3) is 0 Å². The number of carboxylic acid groups (broad SMARTS) is 1. The van der Waals surface area contributed by atoms with Crippen molar-refractivity contribution >= 4 is 23.4 Å². The summed E-state index contributed by atoms with van der Waals surface area (Å²) in [6.45, 7) is 0.593. The number of methoxy groups -OCH3 is 1. The van der Waals surface area contributed by atoms with Gasteiger partial charge in [-0.3, -0.25) is 0 Å². The van der Waals surface area contributed by atoms with Gasteiger partial charge in [0.15, 0.2) is 0 Å². The van der Waals surface area contributed by atoms with Crippen LogP contribution < -0.4 is 5.73 Å². The molecule has 0 bridgehead atoms. The molecule has 0 unspecified atom stereocenters. The van der Waals surface area contributed by atoms with E-state index in [1.807, 2.05) is 0 Å². The van der Waals surface area contributed by atoms with Crippen LogP contribution in [0.3, 0.4) is 0 Å². The van der Waals surface area contributed by atoms with Crippen molar-refractivity contribution in [1.82, 2.24) is 0 Å². The zero-order chi connectivity index (χ0) is 12.8. The number of halogens is 1. The molecular formula is C11H14FNO3S. The standard InChI is InChI=1S/C11H14FNO3S/c1-16-3-2-4-17-10-5-7(11(14)15)9(13)6-8(10)12/h5-6H,2-4,13H2,1H3,(H,14,15).